The number of nitrogens with zero attached hydrogens (tertiary/aromatic N) is 2. The quantitative estimate of drug-likeness (QED) is 0.830. The molecule has 1 aromatic heterocycles. The SMILES string of the molecule is COC(=O)C1CC(n2cc3c(n2)CCC(CO)C3)C1. The summed E-state index contributed by atoms with van der Waals surface area (Å²) in [6.07, 6.45) is 6.68. The Morgan fingerprint density at radius 1 is 1.58 bits per heavy atom. The highest BCUT2D eigenvalue weighted by molar-refractivity contribution is 5.73. The first kappa shape index (κ1) is 12.7. The third-order valence-electron chi connectivity index (χ3n) is 4.47. The molecule has 2 aliphatic rings. The lowest BCUT2D eigenvalue weighted by Gasteiger charge is -2.33. The monoisotopic (exact) mass is 264 g/mol. The molecule has 0 spiro atoms. The van der Waals surface area contributed by atoms with Gasteiger partial charge in [0.15, 0.2) is 0 Å². The standard InChI is InChI=1S/C14H20N2O3/c1-19-14(18)10-5-12(6-10)16-7-11-4-9(8-17)2-3-13(11)15-16/h7,9-10,12,17H,2-6,8H2,1H3. The summed E-state index contributed by atoms with van der Waals surface area (Å²) in [5.41, 5.74) is 2.44. The smallest absolute Gasteiger partial charge is 0.308 e. The van der Waals surface area contributed by atoms with E-state index in [1.165, 1.54) is 18.4 Å². The first-order valence-corrected chi connectivity index (χ1v) is 6.96. The first-order valence-electron chi connectivity index (χ1n) is 6.96. The number of methoxy groups -OCH3 is 1. The van der Waals surface area contributed by atoms with Crippen LogP contribution in [0.1, 0.15) is 36.6 Å². The van der Waals surface area contributed by atoms with Gasteiger partial charge in [-0.05, 0) is 43.6 Å². The van der Waals surface area contributed by atoms with E-state index in [0.29, 0.717) is 12.0 Å². The lowest BCUT2D eigenvalue weighted by molar-refractivity contribution is -0.149. The van der Waals surface area contributed by atoms with Crippen LogP contribution in [0.15, 0.2) is 6.20 Å². The summed E-state index contributed by atoms with van der Waals surface area (Å²) in [7, 11) is 1.44. The van der Waals surface area contributed by atoms with Crippen LogP contribution in [0.4, 0.5) is 0 Å². The minimum atomic E-state index is -0.103. The fraction of sp³-hybridized carbons (Fsp3) is 0.714. The summed E-state index contributed by atoms with van der Waals surface area (Å²) < 4.78 is 6.77. The van der Waals surface area contributed by atoms with Crippen LogP contribution in [0.2, 0.25) is 0 Å². The van der Waals surface area contributed by atoms with Crippen LogP contribution >= 0.6 is 0 Å². The summed E-state index contributed by atoms with van der Waals surface area (Å²) >= 11 is 0. The highest BCUT2D eigenvalue weighted by Crippen LogP contribution is 2.39. The van der Waals surface area contributed by atoms with Gasteiger partial charge in [0.25, 0.3) is 0 Å². The second kappa shape index (κ2) is 4.96. The van der Waals surface area contributed by atoms with Gasteiger partial charge >= 0.3 is 5.97 Å². The number of fused-ring (bicyclic) bond motifs is 1. The van der Waals surface area contributed by atoms with Crippen molar-refractivity contribution in [2.24, 2.45) is 11.8 Å². The Labute approximate surface area is 112 Å². The summed E-state index contributed by atoms with van der Waals surface area (Å²) in [4.78, 5) is 11.4. The number of hydrogen-bond donors (Lipinski definition) is 1. The number of carbonyl (C=O) groups excluding carboxylic acids is 1. The molecule has 0 aromatic carbocycles. The normalized spacial score (nSPS) is 29.5. The van der Waals surface area contributed by atoms with Crippen LogP contribution < -0.4 is 0 Å². The van der Waals surface area contributed by atoms with Crippen molar-refractivity contribution in [3.63, 3.8) is 0 Å². The third kappa shape index (κ3) is 2.27. The number of aliphatic hydroxyl groups is 1. The maximum absolute atomic E-state index is 11.4. The molecule has 1 heterocycles. The van der Waals surface area contributed by atoms with Crippen LogP contribution in [-0.2, 0) is 22.4 Å². The molecular formula is C14H20N2O3. The first-order chi connectivity index (χ1) is 9.21. The van der Waals surface area contributed by atoms with Gasteiger partial charge in [-0.3, -0.25) is 9.48 Å². The number of aliphatic hydroxyl groups excluding tert-OH is 1. The van der Waals surface area contributed by atoms with Crippen molar-refractivity contribution in [1.29, 1.82) is 0 Å². The van der Waals surface area contributed by atoms with Gasteiger partial charge in [0, 0.05) is 12.8 Å². The summed E-state index contributed by atoms with van der Waals surface area (Å²) in [5.74, 6) is 0.323. The van der Waals surface area contributed by atoms with Crippen molar-refractivity contribution < 1.29 is 14.6 Å². The Balaban J connectivity index is 1.65. The predicted molar refractivity (Wildman–Crippen MR) is 68.6 cm³/mol. The molecule has 19 heavy (non-hydrogen) atoms. The van der Waals surface area contributed by atoms with E-state index in [2.05, 4.69) is 11.3 Å². The fourth-order valence-corrected chi connectivity index (χ4v) is 3.11. The average molecular weight is 264 g/mol. The van der Waals surface area contributed by atoms with Crippen LogP contribution in [0.25, 0.3) is 0 Å². The second-order valence-corrected chi connectivity index (χ2v) is 5.72. The molecule has 0 amide bonds. The molecule has 0 aliphatic heterocycles. The number of rotatable bonds is 3. The number of esters is 1. The van der Waals surface area contributed by atoms with Crippen molar-refractivity contribution in [1.82, 2.24) is 9.78 Å². The molecule has 1 saturated carbocycles. The zero-order valence-electron chi connectivity index (χ0n) is 11.2. The topological polar surface area (TPSA) is 64.4 Å². The van der Waals surface area contributed by atoms with Crippen molar-refractivity contribution >= 4 is 5.97 Å². The van der Waals surface area contributed by atoms with Crippen molar-refractivity contribution in [3.05, 3.63) is 17.5 Å². The average Bonchev–Trinajstić information content (AvgIpc) is 2.78. The minimum Gasteiger partial charge on any atom is -0.469 e. The molecule has 0 saturated heterocycles. The highest BCUT2D eigenvalue weighted by atomic mass is 16.5. The molecule has 1 N–H and O–H groups in total. The molecule has 3 rings (SSSR count). The van der Waals surface area contributed by atoms with Gasteiger partial charge in [-0.1, -0.05) is 0 Å². The number of aryl methyl sites for hydroxylation is 1. The van der Waals surface area contributed by atoms with Gasteiger partial charge < -0.3 is 9.84 Å². The largest absolute Gasteiger partial charge is 0.469 e. The summed E-state index contributed by atoms with van der Waals surface area (Å²) in [6, 6.07) is 0.335. The van der Waals surface area contributed by atoms with Gasteiger partial charge in [0.05, 0.1) is 24.8 Å². The third-order valence-corrected chi connectivity index (χ3v) is 4.47. The molecule has 1 unspecified atom stereocenters. The zero-order chi connectivity index (χ0) is 13.4. The van der Waals surface area contributed by atoms with Crippen molar-refractivity contribution in [3.8, 4) is 0 Å². The lowest BCUT2D eigenvalue weighted by Crippen LogP contribution is -2.33. The highest BCUT2D eigenvalue weighted by Gasteiger charge is 2.37. The van der Waals surface area contributed by atoms with Crippen LogP contribution in [0.3, 0.4) is 0 Å². The molecule has 5 heteroatoms. The van der Waals surface area contributed by atoms with E-state index in [4.69, 9.17) is 4.74 Å². The van der Waals surface area contributed by atoms with E-state index in [9.17, 15) is 9.90 Å². The van der Waals surface area contributed by atoms with Crippen LogP contribution in [0, 0.1) is 11.8 Å². The molecule has 1 fully saturated rings. The van der Waals surface area contributed by atoms with Crippen LogP contribution in [0.5, 0.6) is 0 Å². The van der Waals surface area contributed by atoms with E-state index < -0.39 is 0 Å². The molecule has 0 bridgehead atoms. The Bertz CT molecular complexity index is 477. The fourth-order valence-electron chi connectivity index (χ4n) is 3.11. The summed E-state index contributed by atoms with van der Waals surface area (Å²) in [5, 5.41) is 13.9. The maximum atomic E-state index is 11.4. The number of ether oxygens (including phenoxy) is 1. The molecule has 5 nitrogen and oxygen atoms in total. The van der Waals surface area contributed by atoms with Gasteiger partial charge in [0.1, 0.15) is 0 Å². The van der Waals surface area contributed by atoms with E-state index in [0.717, 1.165) is 32.1 Å². The lowest BCUT2D eigenvalue weighted by atomic mass is 9.80. The molecular weight excluding hydrogens is 244 g/mol. The van der Waals surface area contributed by atoms with Gasteiger partial charge in [0.2, 0.25) is 0 Å². The summed E-state index contributed by atoms with van der Waals surface area (Å²) in [6.45, 7) is 0.262. The van der Waals surface area contributed by atoms with Crippen molar-refractivity contribution in [2.75, 3.05) is 13.7 Å². The number of hydrogen-bond acceptors (Lipinski definition) is 4. The van der Waals surface area contributed by atoms with Crippen LogP contribution in [-0.4, -0.2) is 34.6 Å². The molecule has 2 aliphatic carbocycles. The predicted octanol–water partition coefficient (Wildman–Crippen LogP) is 1.10. The van der Waals surface area contributed by atoms with E-state index in [1.54, 1.807) is 0 Å². The van der Waals surface area contributed by atoms with Gasteiger partial charge in [-0.15, -0.1) is 0 Å². The second-order valence-electron chi connectivity index (χ2n) is 5.72. The Kier molecular flexibility index (Phi) is 3.31. The Morgan fingerprint density at radius 3 is 3.05 bits per heavy atom. The number of aromatic nitrogens is 2. The molecule has 1 atom stereocenters. The zero-order valence-corrected chi connectivity index (χ0v) is 11.2. The number of carbonyl (C=O) groups is 1. The molecule has 0 radical (unpaired) electrons. The van der Waals surface area contributed by atoms with E-state index in [1.807, 2.05) is 4.68 Å². The Morgan fingerprint density at radius 2 is 2.37 bits per heavy atom. The van der Waals surface area contributed by atoms with Gasteiger partial charge in [-0.25, -0.2) is 0 Å². The maximum Gasteiger partial charge on any atom is 0.308 e. The minimum absolute atomic E-state index is 0.0430. The van der Waals surface area contributed by atoms with Gasteiger partial charge in [-0.2, -0.15) is 5.10 Å². The van der Waals surface area contributed by atoms with E-state index >= 15 is 0 Å². The molecule has 1 aromatic rings. The van der Waals surface area contributed by atoms with Crippen molar-refractivity contribution in [2.45, 2.75) is 38.1 Å². The van der Waals surface area contributed by atoms with E-state index in [-0.39, 0.29) is 18.5 Å². The molecule has 104 valence electrons. The Hall–Kier alpha value is -1.36.